The minimum Gasteiger partial charge on any atom is -0.297 e. The van der Waals surface area contributed by atoms with Crippen LogP contribution in [0, 0.1) is 5.41 Å². The third-order valence-corrected chi connectivity index (χ3v) is 4.74. The first-order valence-corrected chi connectivity index (χ1v) is 9.28. The Morgan fingerprint density at radius 1 is 1.10 bits per heavy atom. The monoisotopic (exact) mass is 438 g/mol. The van der Waals surface area contributed by atoms with Gasteiger partial charge in [0.1, 0.15) is 6.54 Å². The van der Waals surface area contributed by atoms with Gasteiger partial charge < -0.3 is 0 Å². The van der Waals surface area contributed by atoms with Crippen LogP contribution in [0.15, 0.2) is 47.5 Å². The van der Waals surface area contributed by atoms with Crippen LogP contribution in [0.2, 0.25) is 5.02 Å². The molecule has 0 radical (unpaired) electrons. The lowest BCUT2D eigenvalue weighted by molar-refractivity contribution is -0.137. The van der Waals surface area contributed by atoms with Crippen LogP contribution in [0.1, 0.15) is 26.3 Å². The lowest BCUT2D eigenvalue weighted by Gasteiger charge is -2.15. The summed E-state index contributed by atoms with van der Waals surface area (Å²) in [5, 5.41) is 4.45. The van der Waals surface area contributed by atoms with Crippen molar-refractivity contribution in [2.24, 2.45) is 5.41 Å². The number of halogens is 4. The first kappa shape index (κ1) is 21.8. The molecule has 3 aromatic rings. The molecule has 0 fully saturated rings. The van der Waals surface area contributed by atoms with E-state index in [2.05, 4.69) is 10.1 Å². The van der Waals surface area contributed by atoms with E-state index in [0.717, 1.165) is 21.4 Å². The summed E-state index contributed by atoms with van der Waals surface area (Å²) in [6, 6.07) is 5.61. The van der Waals surface area contributed by atoms with Crippen molar-refractivity contribution in [1.29, 1.82) is 0 Å². The van der Waals surface area contributed by atoms with Gasteiger partial charge in [0.05, 0.1) is 16.3 Å². The van der Waals surface area contributed by atoms with Crippen molar-refractivity contribution in [2.75, 3.05) is 0 Å². The second-order valence-electron chi connectivity index (χ2n) is 7.67. The molecule has 2 heterocycles. The summed E-state index contributed by atoms with van der Waals surface area (Å²) in [4.78, 5) is 29.4. The molecule has 0 bridgehead atoms. The molecule has 0 spiro atoms. The van der Waals surface area contributed by atoms with Crippen molar-refractivity contribution in [1.82, 2.24) is 19.3 Å². The average Bonchev–Trinajstić information content (AvgIpc) is 2.97. The Morgan fingerprint density at radius 2 is 1.73 bits per heavy atom. The Morgan fingerprint density at radius 3 is 2.27 bits per heavy atom. The van der Waals surface area contributed by atoms with Crippen LogP contribution in [-0.4, -0.2) is 25.1 Å². The number of carbonyl (C=O) groups is 1. The van der Waals surface area contributed by atoms with E-state index in [-0.39, 0.29) is 28.9 Å². The first-order valence-electron chi connectivity index (χ1n) is 8.90. The fourth-order valence-electron chi connectivity index (χ4n) is 2.65. The Bertz CT molecular complexity index is 1140. The van der Waals surface area contributed by atoms with Gasteiger partial charge in [0.15, 0.2) is 11.6 Å². The molecule has 0 amide bonds. The van der Waals surface area contributed by atoms with Gasteiger partial charge in [-0.05, 0) is 30.3 Å². The van der Waals surface area contributed by atoms with Crippen LogP contribution in [-0.2, 0) is 17.5 Å². The normalized spacial score (nSPS) is 12.2. The van der Waals surface area contributed by atoms with Gasteiger partial charge in [0.25, 0.3) is 0 Å². The molecule has 0 saturated heterocycles. The lowest BCUT2D eigenvalue weighted by atomic mass is 9.91. The highest BCUT2D eigenvalue weighted by molar-refractivity contribution is 6.33. The fourth-order valence-corrected chi connectivity index (χ4v) is 2.85. The van der Waals surface area contributed by atoms with E-state index >= 15 is 0 Å². The Balaban J connectivity index is 2.19. The number of hydrogen-bond acceptors (Lipinski definition) is 4. The van der Waals surface area contributed by atoms with E-state index in [1.165, 1.54) is 30.6 Å². The highest BCUT2D eigenvalue weighted by atomic mass is 35.5. The van der Waals surface area contributed by atoms with Crippen LogP contribution in [0.5, 0.6) is 0 Å². The van der Waals surface area contributed by atoms with Crippen molar-refractivity contribution in [2.45, 2.75) is 33.5 Å². The highest BCUT2D eigenvalue weighted by Crippen LogP contribution is 2.31. The van der Waals surface area contributed by atoms with E-state index in [4.69, 9.17) is 11.6 Å². The molecular weight excluding hydrogens is 421 g/mol. The van der Waals surface area contributed by atoms with Crippen molar-refractivity contribution in [3.63, 3.8) is 0 Å². The van der Waals surface area contributed by atoms with E-state index in [9.17, 15) is 22.8 Å². The maximum atomic E-state index is 13.0. The number of carbonyl (C=O) groups excluding carboxylic acids is 1. The number of pyridine rings is 1. The van der Waals surface area contributed by atoms with Gasteiger partial charge in [0, 0.05) is 23.4 Å². The molecule has 10 heteroatoms. The maximum Gasteiger partial charge on any atom is 0.416 e. The second kappa shape index (κ2) is 7.71. The molecule has 0 atom stereocenters. The van der Waals surface area contributed by atoms with E-state index in [1.807, 2.05) is 0 Å². The first-order chi connectivity index (χ1) is 13.9. The van der Waals surface area contributed by atoms with Crippen LogP contribution in [0.3, 0.4) is 0 Å². The molecule has 30 heavy (non-hydrogen) atoms. The molecule has 0 unspecified atom stereocenters. The maximum absolute atomic E-state index is 13.0. The summed E-state index contributed by atoms with van der Waals surface area (Å²) in [5.74, 6) is -0.136. The zero-order valence-electron chi connectivity index (χ0n) is 16.4. The van der Waals surface area contributed by atoms with Gasteiger partial charge in [-0.1, -0.05) is 32.4 Å². The summed E-state index contributed by atoms with van der Waals surface area (Å²) >= 11 is 6.20. The van der Waals surface area contributed by atoms with Crippen molar-refractivity contribution in [3.8, 4) is 17.1 Å². The summed E-state index contributed by atoms with van der Waals surface area (Å²) in [5.41, 5.74) is -1.71. The van der Waals surface area contributed by atoms with Gasteiger partial charge in [-0.3, -0.25) is 9.78 Å². The topological polar surface area (TPSA) is 69.8 Å². The minimum absolute atomic E-state index is 0.0915. The molecule has 0 N–H and O–H groups in total. The predicted octanol–water partition coefficient (Wildman–Crippen LogP) is 4.38. The van der Waals surface area contributed by atoms with E-state index in [0.29, 0.717) is 5.56 Å². The number of alkyl halides is 3. The quantitative estimate of drug-likeness (QED) is 0.606. The number of Topliss-reactive ketones (excluding diaryl/α,β-unsaturated/α-hetero) is 1. The zero-order chi connectivity index (χ0) is 22.3. The third-order valence-electron chi connectivity index (χ3n) is 4.44. The lowest BCUT2D eigenvalue weighted by Crippen LogP contribution is -2.32. The number of benzene rings is 1. The SMILES string of the molecule is CC(C)(C)C(=O)Cn1nc(-c2ccncc2Cl)n(-c2ccc(C(F)(F)F)cc2)c1=O. The summed E-state index contributed by atoms with van der Waals surface area (Å²) in [6.45, 7) is 4.86. The van der Waals surface area contributed by atoms with Gasteiger partial charge >= 0.3 is 11.9 Å². The number of aromatic nitrogens is 4. The molecule has 3 rings (SSSR count). The van der Waals surface area contributed by atoms with E-state index in [1.54, 1.807) is 20.8 Å². The third kappa shape index (κ3) is 4.30. The van der Waals surface area contributed by atoms with Gasteiger partial charge in [-0.2, -0.15) is 13.2 Å². The summed E-state index contributed by atoms with van der Waals surface area (Å²) in [7, 11) is 0. The zero-order valence-corrected chi connectivity index (χ0v) is 17.1. The molecular formula is C20H18ClF3N4O2. The fraction of sp³-hybridized carbons (Fsp3) is 0.300. The van der Waals surface area contributed by atoms with Crippen LogP contribution in [0.25, 0.3) is 17.1 Å². The van der Waals surface area contributed by atoms with Crippen molar-refractivity contribution >= 4 is 17.4 Å². The molecule has 0 aliphatic heterocycles. The summed E-state index contributed by atoms with van der Waals surface area (Å²) in [6.07, 6.45) is -1.70. The Kier molecular flexibility index (Phi) is 5.60. The number of rotatable bonds is 4. The smallest absolute Gasteiger partial charge is 0.297 e. The van der Waals surface area contributed by atoms with Gasteiger partial charge in [-0.15, -0.1) is 5.10 Å². The Labute approximate surface area is 174 Å². The molecule has 2 aromatic heterocycles. The number of nitrogens with zero attached hydrogens (tertiary/aromatic N) is 4. The summed E-state index contributed by atoms with van der Waals surface area (Å²) < 4.78 is 40.8. The molecule has 0 saturated carbocycles. The molecule has 0 aliphatic rings. The van der Waals surface area contributed by atoms with Crippen molar-refractivity contribution < 1.29 is 18.0 Å². The number of ketones is 1. The number of hydrogen-bond donors (Lipinski definition) is 0. The second-order valence-corrected chi connectivity index (χ2v) is 8.08. The Hall–Kier alpha value is -2.94. The molecule has 1 aromatic carbocycles. The molecule has 0 aliphatic carbocycles. The van der Waals surface area contributed by atoms with Crippen LogP contribution in [0.4, 0.5) is 13.2 Å². The predicted molar refractivity (Wildman–Crippen MR) is 106 cm³/mol. The van der Waals surface area contributed by atoms with Crippen LogP contribution >= 0.6 is 11.6 Å². The average molecular weight is 439 g/mol. The van der Waals surface area contributed by atoms with Gasteiger partial charge in [0.2, 0.25) is 0 Å². The highest BCUT2D eigenvalue weighted by Gasteiger charge is 2.30. The van der Waals surface area contributed by atoms with Gasteiger partial charge in [-0.25, -0.2) is 14.0 Å². The molecule has 6 nitrogen and oxygen atoms in total. The largest absolute Gasteiger partial charge is 0.416 e. The van der Waals surface area contributed by atoms with Crippen molar-refractivity contribution in [3.05, 3.63) is 63.8 Å². The standard InChI is InChI=1S/C20H18ClF3N4O2/c1-19(2,3)16(29)11-27-18(30)28(13-6-4-12(5-7-13)20(22,23)24)17(26-27)14-8-9-25-10-15(14)21/h4-10H,11H2,1-3H3. The van der Waals surface area contributed by atoms with E-state index < -0.39 is 22.8 Å². The minimum atomic E-state index is -4.51. The van der Waals surface area contributed by atoms with Crippen LogP contribution < -0.4 is 5.69 Å². The molecule has 158 valence electrons.